The fourth-order valence-corrected chi connectivity index (χ4v) is 4.02. The normalized spacial score (nSPS) is 38.2. The molecule has 2 aliphatic rings. The minimum atomic E-state index is -0.689. The topological polar surface area (TPSA) is 44.0 Å². The van der Waals surface area contributed by atoms with Crippen LogP contribution in [0.1, 0.15) is 64.7 Å². The fourth-order valence-electron chi connectivity index (χ4n) is 4.02. The first-order valence-electron chi connectivity index (χ1n) is 6.82. The van der Waals surface area contributed by atoms with Crippen molar-refractivity contribution in [3.63, 3.8) is 0 Å². The molecule has 0 aromatic rings. The van der Waals surface area contributed by atoms with Crippen molar-refractivity contribution in [2.75, 3.05) is 0 Å². The average Bonchev–Trinajstić information content (AvgIpc) is 2.80. The standard InChI is InChI=1S/C14H23NO/c1-2-12-7-3-4-10-14(12,16)13(11-15)8-5-6-9-13/h12,16H,2-10H2,1H3. The van der Waals surface area contributed by atoms with Crippen molar-refractivity contribution < 1.29 is 5.11 Å². The summed E-state index contributed by atoms with van der Waals surface area (Å²) in [5.74, 6) is 0.346. The van der Waals surface area contributed by atoms with E-state index < -0.39 is 11.0 Å². The van der Waals surface area contributed by atoms with E-state index in [0.717, 1.165) is 51.4 Å². The van der Waals surface area contributed by atoms with Crippen LogP contribution in [-0.4, -0.2) is 10.7 Å². The Balaban J connectivity index is 2.30. The van der Waals surface area contributed by atoms with Crippen molar-refractivity contribution in [2.45, 2.75) is 70.3 Å². The van der Waals surface area contributed by atoms with Crippen molar-refractivity contribution in [3.8, 4) is 6.07 Å². The Hall–Kier alpha value is -0.550. The van der Waals surface area contributed by atoms with Crippen LogP contribution in [0.3, 0.4) is 0 Å². The molecule has 0 aromatic carbocycles. The molecule has 1 N–H and O–H groups in total. The summed E-state index contributed by atoms with van der Waals surface area (Å²) in [5.41, 5.74) is -1.11. The molecule has 90 valence electrons. The maximum absolute atomic E-state index is 11.1. The molecule has 2 rings (SSSR count). The summed E-state index contributed by atoms with van der Waals surface area (Å²) in [7, 11) is 0. The van der Waals surface area contributed by atoms with Crippen molar-refractivity contribution in [3.05, 3.63) is 0 Å². The summed E-state index contributed by atoms with van der Waals surface area (Å²) in [5, 5.41) is 20.6. The van der Waals surface area contributed by atoms with Gasteiger partial charge in [-0.15, -0.1) is 0 Å². The number of rotatable bonds is 2. The van der Waals surface area contributed by atoms with Crippen LogP contribution < -0.4 is 0 Å². The van der Waals surface area contributed by atoms with Crippen LogP contribution >= 0.6 is 0 Å². The highest BCUT2D eigenvalue weighted by atomic mass is 16.3. The summed E-state index contributed by atoms with van der Waals surface area (Å²) in [6, 6.07) is 2.50. The Morgan fingerprint density at radius 1 is 1.19 bits per heavy atom. The molecular weight excluding hydrogens is 198 g/mol. The Morgan fingerprint density at radius 2 is 1.81 bits per heavy atom. The highest BCUT2D eigenvalue weighted by Gasteiger charge is 2.56. The number of hydrogen-bond acceptors (Lipinski definition) is 2. The maximum atomic E-state index is 11.1. The summed E-state index contributed by atoms with van der Waals surface area (Å²) in [6.45, 7) is 2.15. The van der Waals surface area contributed by atoms with Crippen molar-refractivity contribution in [1.29, 1.82) is 5.26 Å². The molecule has 2 heteroatoms. The molecule has 16 heavy (non-hydrogen) atoms. The quantitative estimate of drug-likeness (QED) is 0.776. The summed E-state index contributed by atoms with van der Waals surface area (Å²) >= 11 is 0. The first-order valence-corrected chi connectivity index (χ1v) is 6.82. The van der Waals surface area contributed by atoms with Crippen LogP contribution in [0.25, 0.3) is 0 Å². The van der Waals surface area contributed by atoms with Gasteiger partial charge in [-0.25, -0.2) is 0 Å². The minimum absolute atomic E-state index is 0.346. The third-order valence-electron chi connectivity index (χ3n) is 5.03. The zero-order valence-corrected chi connectivity index (χ0v) is 10.3. The molecular formula is C14H23NO. The van der Waals surface area contributed by atoms with E-state index in [1.807, 2.05) is 0 Å². The molecule has 0 amide bonds. The molecule has 2 unspecified atom stereocenters. The lowest BCUT2D eigenvalue weighted by atomic mass is 9.59. The lowest BCUT2D eigenvalue weighted by molar-refractivity contribution is -0.123. The van der Waals surface area contributed by atoms with Crippen LogP contribution in [0.5, 0.6) is 0 Å². The van der Waals surface area contributed by atoms with Gasteiger partial charge in [0.05, 0.1) is 17.1 Å². The Bertz CT molecular complexity index is 288. The zero-order chi connectivity index (χ0) is 11.6. The van der Waals surface area contributed by atoms with Gasteiger partial charge in [0, 0.05) is 0 Å². The molecule has 0 aliphatic heterocycles. The predicted molar refractivity (Wildman–Crippen MR) is 63.7 cm³/mol. The van der Waals surface area contributed by atoms with Gasteiger partial charge in [0.1, 0.15) is 0 Å². The van der Waals surface area contributed by atoms with E-state index in [1.165, 1.54) is 6.42 Å². The molecule has 2 atom stereocenters. The second-order valence-electron chi connectivity index (χ2n) is 5.68. The van der Waals surface area contributed by atoms with Gasteiger partial charge in [-0.05, 0) is 31.6 Å². The zero-order valence-electron chi connectivity index (χ0n) is 10.3. The first kappa shape index (κ1) is 11.9. The van der Waals surface area contributed by atoms with E-state index in [2.05, 4.69) is 13.0 Å². The van der Waals surface area contributed by atoms with Gasteiger partial charge in [-0.1, -0.05) is 39.0 Å². The molecule has 0 saturated heterocycles. The van der Waals surface area contributed by atoms with Gasteiger partial charge in [0.2, 0.25) is 0 Å². The Kier molecular flexibility index (Phi) is 3.26. The highest BCUT2D eigenvalue weighted by Crippen LogP contribution is 2.54. The van der Waals surface area contributed by atoms with Crippen LogP contribution in [0, 0.1) is 22.7 Å². The largest absolute Gasteiger partial charge is 0.388 e. The van der Waals surface area contributed by atoms with Gasteiger partial charge in [0.25, 0.3) is 0 Å². The monoisotopic (exact) mass is 221 g/mol. The molecule has 0 bridgehead atoms. The maximum Gasteiger partial charge on any atom is 0.0863 e. The second-order valence-corrected chi connectivity index (χ2v) is 5.68. The SMILES string of the molecule is CCC1CCCCC1(O)C1(C#N)CCCC1. The van der Waals surface area contributed by atoms with E-state index in [1.54, 1.807) is 0 Å². The molecule has 0 aromatic heterocycles. The number of nitrogens with zero attached hydrogens (tertiary/aromatic N) is 1. The Morgan fingerprint density at radius 3 is 2.38 bits per heavy atom. The van der Waals surface area contributed by atoms with Gasteiger partial charge in [-0.2, -0.15) is 5.26 Å². The van der Waals surface area contributed by atoms with Crippen molar-refractivity contribution in [1.82, 2.24) is 0 Å². The summed E-state index contributed by atoms with van der Waals surface area (Å²) < 4.78 is 0. The number of nitriles is 1. The van der Waals surface area contributed by atoms with E-state index in [9.17, 15) is 10.4 Å². The van der Waals surface area contributed by atoms with E-state index >= 15 is 0 Å². The van der Waals surface area contributed by atoms with Gasteiger partial charge < -0.3 is 5.11 Å². The van der Waals surface area contributed by atoms with Gasteiger partial charge in [0.15, 0.2) is 0 Å². The highest BCUT2D eigenvalue weighted by molar-refractivity contribution is 5.16. The first-order chi connectivity index (χ1) is 7.68. The van der Waals surface area contributed by atoms with Gasteiger partial charge in [-0.3, -0.25) is 0 Å². The molecule has 2 nitrogen and oxygen atoms in total. The molecule has 2 fully saturated rings. The van der Waals surface area contributed by atoms with E-state index in [4.69, 9.17) is 0 Å². The lowest BCUT2D eigenvalue weighted by Crippen LogP contribution is -2.53. The molecule has 2 aliphatic carbocycles. The lowest BCUT2D eigenvalue weighted by Gasteiger charge is -2.48. The summed E-state index contributed by atoms with van der Waals surface area (Å²) in [6.07, 6.45) is 9.35. The van der Waals surface area contributed by atoms with E-state index in [0.29, 0.717) is 5.92 Å². The third kappa shape index (κ3) is 1.57. The van der Waals surface area contributed by atoms with Crippen LogP contribution in [0.15, 0.2) is 0 Å². The van der Waals surface area contributed by atoms with Crippen molar-refractivity contribution >= 4 is 0 Å². The fraction of sp³-hybridized carbons (Fsp3) is 0.929. The van der Waals surface area contributed by atoms with Crippen LogP contribution in [0.2, 0.25) is 0 Å². The Labute approximate surface area is 98.7 Å². The predicted octanol–water partition coefficient (Wildman–Crippen LogP) is 3.40. The summed E-state index contributed by atoms with van der Waals surface area (Å²) in [4.78, 5) is 0. The van der Waals surface area contributed by atoms with Crippen molar-refractivity contribution in [2.24, 2.45) is 11.3 Å². The third-order valence-corrected chi connectivity index (χ3v) is 5.03. The van der Waals surface area contributed by atoms with Gasteiger partial charge >= 0.3 is 0 Å². The second kappa shape index (κ2) is 4.37. The number of aliphatic hydroxyl groups is 1. The molecule has 2 saturated carbocycles. The van der Waals surface area contributed by atoms with Crippen LogP contribution in [0.4, 0.5) is 0 Å². The molecule has 0 spiro atoms. The molecule has 0 heterocycles. The smallest absolute Gasteiger partial charge is 0.0863 e. The average molecular weight is 221 g/mol. The molecule has 0 radical (unpaired) electrons. The number of hydrogen-bond donors (Lipinski definition) is 1. The van der Waals surface area contributed by atoms with E-state index in [-0.39, 0.29) is 0 Å². The minimum Gasteiger partial charge on any atom is -0.388 e. The van der Waals surface area contributed by atoms with Crippen LogP contribution in [-0.2, 0) is 0 Å².